The van der Waals surface area contributed by atoms with Crippen molar-refractivity contribution in [3.8, 4) is 0 Å². The van der Waals surface area contributed by atoms with Crippen LogP contribution in [0.1, 0.15) is 13.3 Å². The van der Waals surface area contributed by atoms with Gasteiger partial charge in [-0.25, -0.2) is 0 Å². The molecule has 1 aliphatic rings. The van der Waals surface area contributed by atoms with Crippen LogP contribution in [0.2, 0.25) is 0 Å². The Hall–Kier alpha value is -1.69. The standard InChI is InChI=1S/C12H15FN2O3/c1-8-5-6-14(7-11(8)16)10-4-2-3-9(13)12(10)15(17)18/h2-4,8,11,16H,5-7H2,1H3. The minimum absolute atomic E-state index is 0.161. The highest BCUT2D eigenvalue weighted by Gasteiger charge is 2.30. The van der Waals surface area contributed by atoms with Crippen molar-refractivity contribution in [2.75, 3.05) is 18.0 Å². The molecule has 0 bridgehead atoms. The predicted molar refractivity (Wildman–Crippen MR) is 65.1 cm³/mol. The highest BCUT2D eigenvalue weighted by Crippen LogP contribution is 2.33. The van der Waals surface area contributed by atoms with E-state index in [2.05, 4.69) is 0 Å². The molecule has 1 aromatic rings. The predicted octanol–water partition coefficient (Wildman–Crippen LogP) is 1.94. The van der Waals surface area contributed by atoms with Crippen molar-refractivity contribution in [2.24, 2.45) is 5.92 Å². The number of β-amino-alcohol motifs (C(OH)–C–C–N with tert-alkyl or cyclic N) is 1. The van der Waals surface area contributed by atoms with Crippen molar-refractivity contribution in [1.82, 2.24) is 0 Å². The Morgan fingerprint density at radius 3 is 2.89 bits per heavy atom. The average Bonchev–Trinajstić information content (AvgIpc) is 2.32. The van der Waals surface area contributed by atoms with Gasteiger partial charge < -0.3 is 10.0 Å². The molecule has 5 nitrogen and oxygen atoms in total. The van der Waals surface area contributed by atoms with E-state index in [4.69, 9.17) is 0 Å². The molecule has 1 heterocycles. The third-order valence-corrected chi connectivity index (χ3v) is 3.41. The molecule has 1 saturated heterocycles. The summed E-state index contributed by atoms with van der Waals surface area (Å²) in [6.07, 6.45) is 0.191. The molecule has 0 aliphatic carbocycles. The molecule has 0 radical (unpaired) electrons. The van der Waals surface area contributed by atoms with Gasteiger partial charge in [-0.15, -0.1) is 0 Å². The average molecular weight is 254 g/mol. The highest BCUT2D eigenvalue weighted by molar-refractivity contribution is 5.64. The minimum Gasteiger partial charge on any atom is -0.391 e. The molecule has 0 aromatic heterocycles. The molecule has 18 heavy (non-hydrogen) atoms. The number of hydrogen-bond acceptors (Lipinski definition) is 4. The molecule has 1 aliphatic heterocycles. The highest BCUT2D eigenvalue weighted by atomic mass is 19.1. The number of nitro groups is 1. The number of piperidine rings is 1. The van der Waals surface area contributed by atoms with Gasteiger partial charge in [0, 0.05) is 13.1 Å². The summed E-state index contributed by atoms with van der Waals surface area (Å²) >= 11 is 0. The van der Waals surface area contributed by atoms with Crippen LogP contribution in [0.25, 0.3) is 0 Å². The molecule has 2 unspecified atom stereocenters. The Balaban J connectivity index is 2.34. The van der Waals surface area contributed by atoms with Crippen LogP contribution in [-0.4, -0.2) is 29.2 Å². The lowest BCUT2D eigenvalue weighted by Crippen LogP contribution is -2.43. The van der Waals surface area contributed by atoms with Gasteiger partial charge in [-0.05, 0) is 24.5 Å². The van der Waals surface area contributed by atoms with Gasteiger partial charge in [0.25, 0.3) is 0 Å². The van der Waals surface area contributed by atoms with Gasteiger partial charge in [0.1, 0.15) is 5.69 Å². The first kappa shape index (κ1) is 12.8. The number of benzene rings is 1. The van der Waals surface area contributed by atoms with E-state index in [1.54, 1.807) is 4.90 Å². The lowest BCUT2D eigenvalue weighted by molar-refractivity contribution is -0.386. The Morgan fingerprint density at radius 1 is 1.56 bits per heavy atom. The van der Waals surface area contributed by atoms with Gasteiger partial charge in [-0.1, -0.05) is 13.0 Å². The summed E-state index contributed by atoms with van der Waals surface area (Å²) in [5, 5.41) is 20.7. The Labute approximate surface area is 104 Å². The zero-order chi connectivity index (χ0) is 13.3. The first-order valence-electron chi connectivity index (χ1n) is 5.86. The number of rotatable bonds is 2. The summed E-state index contributed by atoms with van der Waals surface area (Å²) in [5.74, 6) is -0.681. The fourth-order valence-electron chi connectivity index (χ4n) is 2.21. The fraction of sp³-hybridized carbons (Fsp3) is 0.500. The summed E-state index contributed by atoms with van der Waals surface area (Å²) in [6.45, 7) is 2.82. The molecule has 0 spiro atoms. The van der Waals surface area contributed by atoms with Crippen molar-refractivity contribution in [2.45, 2.75) is 19.4 Å². The molecule has 2 atom stereocenters. The second-order valence-electron chi connectivity index (χ2n) is 4.64. The number of nitrogens with zero attached hydrogens (tertiary/aromatic N) is 2. The molecule has 1 aromatic carbocycles. The van der Waals surface area contributed by atoms with Crippen LogP contribution in [0.5, 0.6) is 0 Å². The fourth-order valence-corrected chi connectivity index (χ4v) is 2.21. The van der Waals surface area contributed by atoms with Crippen molar-refractivity contribution < 1.29 is 14.4 Å². The second-order valence-corrected chi connectivity index (χ2v) is 4.64. The van der Waals surface area contributed by atoms with Crippen molar-refractivity contribution >= 4 is 11.4 Å². The van der Waals surface area contributed by atoms with Gasteiger partial charge in [0.2, 0.25) is 5.82 Å². The maximum absolute atomic E-state index is 13.5. The van der Waals surface area contributed by atoms with Crippen LogP contribution >= 0.6 is 0 Å². The monoisotopic (exact) mass is 254 g/mol. The number of anilines is 1. The summed E-state index contributed by atoms with van der Waals surface area (Å²) in [5.41, 5.74) is -0.273. The van der Waals surface area contributed by atoms with Crippen molar-refractivity contribution in [3.05, 3.63) is 34.1 Å². The van der Waals surface area contributed by atoms with E-state index in [-0.39, 0.29) is 11.6 Å². The molecular formula is C12H15FN2O3. The van der Waals surface area contributed by atoms with Gasteiger partial charge in [-0.2, -0.15) is 4.39 Å². The molecule has 0 saturated carbocycles. The Bertz CT molecular complexity index is 467. The third-order valence-electron chi connectivity index (χ3n) is 3.41. The number of aliphatic hydroxyl groups excluding tert-OH is 1. The SMILES string of the molecule is CC1CCN(c2cccc(F)c2[N+](=O)[O-])CC1O. The van der Waals surface area contributed by atoms with Crippen LogP contribution in [0.15, 0.2) is 18.2 Å². The van der Waals surface area contributed by atoms with E-state index >= 15 is 0 Å². The largest absolute Gasteiger partial charge is 0.391 e. The number of nitro benzene ring substituents is 1. The summed E-state index contributed by atoms with van der Waals surface area (Å²) in [6, 6.07) is 4.04. The first-order chi connectivity index (χ1) is 8.50. The topological polar surface area (TPSA) is 66.6 Å². The minimum atomic E-state index is -0.842. The number of halogens is 1. The second kappa shape index (κ2) is 4.89. The summed E-state index contributed by atoms with van der Waals surface area (Å²) in [7, 11) is 0. The van der Waals surface area contributed by atoms with Gasteiger partial charge in [-0.3, -0.25) is 10.1 Å². The molecule has 2 rings (SSSR count). The number of para-hydroxylation sites is 1. The quantitative estimate of drug-likeness (QED) is 0.647. The summed E-state index contributed by atoms with van der Waals surface area (Å²) in [4.78, 5) is 11.9. The molecule has 1 N–H and O–H groups in total. The van der Waals surface area contributed by atoms with E-state index in [1.165, 1.54) is 12.1 Å². The maximum atomic E-state index is 13.5. The Kier molecular flexibility index (Phi) is 3.47. The van der Waals surface area contributed by atoms with Gasteiger partial charge in [0.05, 0.1) is 11.0 Å². The zero-order valence-electron chi connectivity index (χ0n) is 10.0. The first-order valence-corrected chi connectivity index (χ1v) is 5.86. The van der Waals surface area contributed by atoms with Crippen LogP contribution in [0.3, 0.4) is 0 Å². The van der Waals surface area contributed by atoms with E-state index < -0.39 is 22.5 Å². The molecule has 1 fully saturated rings. The normalized spacial score (nSPS) is 24.1. The lowest BCUT2D eigenvalue weighted by Gasteiger charge is -2.35. The van der Waals surface area contributed by atoms with Crippen molar-refractivity contribution in [3.63, 3.8) is 0 Å². The zero-order valence-corrected chi connectivity index (χ0v) is 10.0. The summed E-state index contributed by atoms with van der Waals surface area (Å²) < 4.78 is 13.5. The number of hydrogen-bond donors (Lipinski definition) is 1. The van der Waals surface area contributed by atoms with E-state index in [1.807, 2.05) is 6.92 Å². The van der Waals surface area contributed by atoms with Crippen LogP contribution in [0.4, 0.5) is 15.8 Å². The van der Waals surface area contributed by atoms with Crippen LogP contribution in [0, 0.1) is 21.8 Å². The molecule has 6 heteroatoms. The van der Waals surface area contributed by atoms with E-state index in [0.29, 0.717) is 13.1 Å². The van der Waals surface area contributed by atoms with Crippen LogP contribution in [-0.2, 0) is 0 Å². The third kappa shape index (κ3) is 2.28. The Morgan fingerprint density at radius 2 is 2.28 bits per heavy atom. The maximum Gasteiger partial charge on any atom is 0.327 e. The number of aliphatic hydroxyl groups is 1. The van der Waals surface area contributed by atoms with E-state index in [0.717, 1.165) is 12.5 Å². The molecule has 0 amide bonds. The lowest BCUT2D eigenvalue weighted by atomic mass is 9.95. The smallest absolute Gasteiger partial charge is 0.327 e. The molecule has 98 valence electrons. The van der Waals surface area contributed by atoms with Crippen molar-refractivity contribution in [1.29, 1.82) is 0 Å². The van der Waals surface area contributed by atoms with Gasteiger partial charge in [0.15, 0.2) is 0 Å². The van der Waals surface area contributed by atoms with Crippen LogP contribution < -0.4 is 4.90 Å². The molecular weight excluding hydrogens is 239 g/mol. The van der Waals surface area contributed by atoms with Gasteiger partial charge >= 0.3 is 5.69 Å². The van der Waals surface area contributed by atoms with E-state index in [9.17, 15) is 19.6 Å².